The van der Waals surface area contributed by atoms with Crippen LogP contribution in [0.25, 0.3) is 11.5 Å². The fraction of sp³-hybridized carbons (Fsp3) is 0.190. The van der Waals surface area contributed by atoms with Crippen molar-refractivity contribution in [1.29, 1.82) is 0 Å². The smallest absolute Gasteiger partial charge is 0.202 e. The highest BCUT2D eigenvalue weighted by atomic mass is 32.2. The number of hydrogen-bond donors (Lipinski definition) is 0. The van der Waals surface area contributed by atoms with Crippen LogP contribution in [-0.4, -0.2) is 19.9 Å². The molecule has 7 nitrogen and oxygen atoms in total. The number of thioether (sulfide) groups is 1. The van der Waals surface area contributed by atoms with E-state index in [-0.39, 0.29) is 0 Å². The molecule has 0 fully saturated rings. The predicted molar refractivity (Wildman–Crippen MR) is 109 cm³/mol. The summed E-state index contributed by atoms with van der Waals surface area (Å²) in [5.74, 6) is 3.40. The molecule has 8 heteroatoms. The van der Waals surface area contributed by atoms with Crippen LogP contribution in [0.2, 0.25) is 0 Å². The van der Waals surface area contributed by atoms with Crippen molar-refractivity contribution in [2.45, 2.75) is 31.0 Å². The average Bonchev–Trinajstić information content (AvgIpc) is 3.46. The van der Waals surface area contributed by atoms with E-state index in [1.807, 2.05) is 60.0 Å². The van der Waals surface area contributed by atoms with Crippen LogP contribution in [0.1, 0.15) is 17.1 Å². The average molecular weight is 408 g/mol. The van der Waals surface area contributed by atoms with Gasteiger partial charge in [0.05, 0.1) is 12.0 Å². The fourth-order valence-electron chi connectivity index (χ4n) is 2.75. The van der Waals surface area contributed by atoms with Gasteiger partial charge in [0, 0.05) is 18.4 Å². The number of furan rings is 1. The Morgan fingerprint density at radius 2 is 2.10 bits per heavy atom. The second kappa shape index (κ2) is 8.83. The Balaban J connectivity index is 1.43. The summed E-state index contributed by atoms with van der Waals surface area (Å²) < 4.78 is 18.5. The topological polar surface area (TPSA) is 79.1 Å². The summed E-state index contributed by atoms with van der Waals surface area (Å²) in [6.45, 7) is 6.79. The van der Waals surface area contributed by atoms with Crippen LogP contribution in [0, 0.1) is 6.92 Å². The molecule has 0 atom stereocenters. The van der Waals surface area contributed by atoms with Crippen molar-refractivity contribution in [2.75, 3.05) is 0 Å². The summed E-state index contributed by atoms with van der Waals surface area (Å²) >= 11 is 1.53. The number of aromatic nitrogens is 4. The monoisotopic (exact) mass is 408 g/mol. The summed E-state index contributed by atoms with van der Waals surface area (Å²) in [7, 11) is 0. The first-order valence-electron chi connectivity index (χ1n) is 9.07. The molecule has 0 bridgehead atoms. The molecule has 0 spiro atoms. The molecule has 0 aliphatic carbocycles. The molecule has 0 aliphatic rings. The Morgan fingerprint density at radius 3 is 2.90 bits per heavy atom. The van der Waals surface area contributed by atoms with Gasteiger partial charge in [0.15, 0.2) is 16.7 Å². The molecule has 1 aromatic carbocycles. The van der Waals surface area contributed by atoms with E-state index in [4.69, 9.17) is 13.7 Å². The molecule has 3 aromatic heterocycles. The first-order chi connectivity index (χ1) is 14.2. The SMILES string of the molecule is C=CCn1c(COc2cccc(C)c2)nnc1SCc1cc(-c2ccco2)on1. The molecule has 148 valence electrons. The summed E-state index contributed by atoms with van der Waals surface area (Å²) in [4.78, 5) is 0. The quantitative estimate of drug-likeness (QED) is 0.288. The van der Waals surface area contributed by atoms with Crippen molar-refractivity contribution in [2.24, 2.45) is 0 Å². The second-order valence-electron chi connectivity index (χ2n) is 6.35. The molecule has 4 rings (SSSR count). The zero-order valence-corrected chi connectivity index (χ0v) is 16.8. The normalized spacial score (nSPS) is 10.9. The van der Waals surface area contributed by atoms with Gasteiger partial charge < -0.3 is 13.7 Å². The van der Waals surface area contributed by atoms with Crippen LogP contribution in [0.3, 0.4) is 0 Å². The summed E-state index contributed by atoms with van der Waals surface area (Å²) in [5, 5.41) is 13.5. The van der Waals surface area contributed by atoms with Crippen LogP contribution in [0.15, 0.2) is 75.5 Å². The zero-order valence-electron chi connectivity index (χ0n) is 15.9. The van der Waals surface area contributed by atoms with Crippen molar-refractivity contribution < 1.29 is 13.7 Å². The highest BCUT2D eigenvalue weighted by molar-refractivity contribution is 7.98. The third-order valence-electron chi connectivity index (χ3n) is 4.13. The van der Waals surface area contributed by atoms with E-state index >= 15 is 0 Å². The molecular formula is C21H20N4O3S. The Kier molecular flexibility index (Phi) is 5.81. The van der Waals surface area contributed by atoms with Gasteiger partial charge in [0.1, 0.15) is 12.4 Å². The molecule has 0 N–H and O–H groups in total. The van der Waals surface area contributed by atoms with E-state index in [0.29, 0.717) is 30.4 Å². The van der Waals surface area contributed by atoms with Crippen LogP contribution in [0.4, 0.5) is 0 Å². The summed E-state index contributed by atoms with van der Waals surface area (Å²) in [6.07, 6.45) is 3.42. The van der Waals surface area contributed by atoms with Crippen molar-refractivity contribution >= 4 is 11.8 Å². The van der Waals surface area contributed by atoms with E-state index in [1.54, 1.807) is 6.26 Å². The minimum absolute atomic E-state index is 0.331. The van der Waals surface area contributed by atoms with E-state index in [9.17, 15) is 0 Å². The largest absolute Gasteiger partial charge is 0.486 e. The maximum atomic E-state index is 5.88. The molecule has 29 heavy (non-hydrogen) atoms. The predicted octanol–water partition coefficient (Wildman–Crippen LogP) is 4.89. The highest BCUT2D eigenvalue weighted by Gasteiger charge is 2.15. The van der Waals surface area contributed by atoms with E-state index in [1.165, 1.54) is 11.8 Å². The standard InChI is InChI=1S/C21H20N4O3S/c1-3-9-25-20(13-27-17-7-4-6-15(2)11-17)22-23-21(25)29-14-16-12-19(28-24-16)18-8-5-10-26-18/h3-8,10-12H,1,9,13-14H2,2H3. The Labute approximate surface area is 172 Å². The van der Waals surface area contributed by atoms with Gasteiger partial charge in [-0.15, -0.1) is 16.8 Å². The van der Waals surface area contributed by atoms with Crippen molar-refractivity contribution in [1.82, 2.24) is 19.9 Å². The number of aryl methyl sites for hydroxylation is 1. The lowest BCUT2D eigenvalue weighted by Gasteiger charge is -2.09. The number of benzene rings is 1. The minimum Gasteiger partial charge on any atom is -0.486 e. The first kappa shape index (κ1) is 19.1. The van der Waals surface area contributed by atoms with Gasteiger partial charge in [0.2, 0.25) is 5.76 Å². The van der Waals surface area contributed by atoms with Gasteiger partial charge >= 0.3 is 0 Å². The Morgan fingerprint density at radius 1 is 1.17 bits per heavy atom. The molecule has 3 heterocycles. The lowest BCUT2D eigenvalue weighted by molar-refractivity contribution is 0.289. The lowest BCUT2D eigenvalue weighted by atomic mass is 10.2. The number of rotatable bonds is 9. The van der Waals surface area contributed by atoms with E-state index < -0.39 is 0 Å². The van der Waals surface area contributed by atoms with Crippen LogP contribution in [-0.2, 0) is 18.9 Å². The van der Waals surface area contributed by atoms with Crippen molar-refractivity contribution in [3.05, 3.63) is 78.5 Å². The fourth-order valence-corrected chi connectivity index (χ4v) is 3.60. The molecule has 4 aromatic rings. The molecule has 0 radical (unpaired) electrons. The molecule has 0 saturated heterocycles. The maximum absolute atomic E-state index is 5.88. The Hall–Kier alpha value is -3.26. The zero-order chi connectivity index (χ0) is 20.1. The van der Waals surface area contributed by atoms with Gasteiger partial charge in [-0.25, -0.2) is 0 Å². The summed E-state index contributed by atoms with van der Waals surface area (Å²) in [6, 6.07) is 13.4. The first-order valence-corrected chi connectivity index (χ1v) is 10.1. The number of ether oxygens (including phenoxy) is 1. The Bertz CT molecular complexity index is 1090. The number of allylic oxidation sites excluding steroid dienone is 1. The molecule has 0 saturated carbocycles. The van der Waals surface area contributed by atoms with Gasteiger partial charge in [0.25, 0.3) is 0 Å². The molecule has 0 amide bonds. The number of nitrogens with zero attached hydrogens (tertiary/aromatic N) is 4. The third kappa shape index (κ3) is 4.60. The third-order valence-corrected chi connectivity index (χ3v) is 5.14. The minimum atomic E-state index is 0.331. The molecule has 0 aliphatic heterocycles. The van der Waals surface area contributed by atoms with Gasteiger partial charge in [-0.1, -0.05) is 35.1 Å². The maximum Gasteiger partial charge on any atom is 0.202 e. The van der Waals surface area contributed by atoms with Crippen LogP contribution >= 0.6 is 11.8 Å². The van der Waals surface area contributed by atoms with E-state index in [0.717, 1.165) is 28.0 Å². The van der Waals surface area contributed by atoms with Gasteiger partial charge in [-0.05, 0) is 36.8 Å². The molecular weight excluding hydrogens is 388 g/mol. The van der Waals surface area contributed by atoms with Gasteiger partial charge in [-0.2, -0.15) is 0 Å². The van der Waals surface area contributed by atoms with Gasteiger partial charge in [-0.3, -0.25) is 4.57 Å². The lowest BCUT2D eigenvalue weighted by Crippen LogP contribution is -2.07. The van der Waals surface area contributed by atoms with Crippen molar-refractivity contribution in [3.63, 3.8) is 0 Å². The molecule has 0 unspecified atom stereocenters. The number of hydrogen-bond acceptors (Lipinski definition) is 7. The van der Waals surface area contributed by atoms with Crippen molar-refractivity contribution in [3.8, 4) is 17.3 Å². The van der Waals surface area contributed by atoms with Crippen LogP contribution in [0.5, 0.6) is 5.75 Å². The van der Waals surface area contributed by atoms with E-state index in [2.05, 4.69) is 21.9 Å². The van der Waals surface area contributed by atoms with Crippen LogP contribution < -0.4 is 4.74 Å². The second-order valence-corrected chi connectivity index (χ2v) is 7.29. The summed E-state index contributed by atoms with van der Waals surface area (Å²) in [5.41, 5.74) is 1.94. The highest BCUT2D eigenvalue weighted by Crippen LogP contribution is 2.26.